The Morgan fingerprint density at radius 3 is 2.74 bits per heavy atom. The molecule has 0 unspecified atom stereocenters. The van der Waals surface area contributed by atoms with E-state index in [9.17, 15) is 4.39 Å². The molecule has 2 rings (SSSR count). The first-order valence-electron chi connectivity index (χ1n) is 6.86. The molecular weight excluding hydrogens is 309 g/mol. The van der Waals surface area contributed by atoms with E-state index < -0.39 is 0 Å². The average Bonchev–Trinajstić information content (AvgIpc) is 2.38. The first-order chi connectivity index (χ1) is 9.08. The molecule has 2 heterocycles. The van der Waals surface area contributed by atoms with Crippen molar-refractivity contribution in [3.8, 4) is 0 Å². The van der Waals surface area contributed by atoms with Gasteiger partial charge in [0.25, 0.3) is 0 Å². The number of nitrogens with one attached hydrogen (secondary N) is 1. The van der Waals surface area contributed by atoms with Crippen LogP contribution in [0, 0.1) is 11.7 Å². The number of halogens is 2. The molecule has 1 N–H and O–H groups in total. The summed E-state index contributed by atoms with van der Waals surface area (Å²) in [7, 11) is 0. The summed E-state index contributed by atoms with van der Waals surface area (Å²) in [6.07, 6.45) is 3.97. The Kier molecular flexibility index (Phi) is 5.16. The molecule has 0 radical (unpaired) electrons. The zero-order valence-corrected chi connectivity index (χ0v) is 13.1. The molecule has 1 aliphatic rings. The maximum atomic E-state index is 14.1. The Labute approximate surface area is 122 Å². The Balaban J connectivity index is 2.14. The predicted molar refractivity (Wildman–Crippen MR) is 80.0 cm³/mol. The normalized spacial score (nSPS) is 16.9. The lowest BCUT2D eigenvalue weighted by Gasteiger charge is -2.33. The van der Waals surface area contributed by atoms with Crippen LogP contribution in [0.3, 0.4) is 0 Å². The van der Waals surface area contributed by atoms with E-state index in [1.54, 1.807) is 6.20 Å². The van der Waals surface area contributed by atoms with Gasteiger partial charge in [-0.3, -0.25) is 0 Å². The Morgan fingerprint density at radius 2 is 2.16 bits per heavy atom. The van der Waals surface area contributed by atoms with E-state index >= 15 is 0 Å². The van der Waals surface area contributed by atoms with E-state index in [0.29, 0.717) is 16.2 Å². The molecule has 0 bridgehead atoms. The van der Waals surface area contributed by atoms with Gasteiger partial charge in [-0.25, -0.2) is 9.37 Å². The fourth-order valence-electron chi connectivity index (χ4n) is 2.50. The molecule has 1 saturated heterocycles. The standard InChI is InChI=1S/C14H21BrFN3/c1-10(2)19(9-11-3-5-17-6-4-11)14-13(16)7-12(15)8-18-14/h7-8,10-11,17H,3-6,9H2,1-2H3. The maximum absolute atomic E-state index is 14.1. The summed E-state index contributed by atoms with van der Waals surface area (Å²) in [4.78, 5) is 6.33. The van der Waals surface area contributed by atoms with E-state index in [1.807, 2.05) is 0 Å². The second-order valence-electron chi connectivity index (χ2n) is 5.40. The van der Waals surface area contributed by atoms with Gasteiger partial charge in [0.1, 0.15) is 0 Å². The largest absolute Gasteiger partial charge is 0.351 e. The Bertz CT molecular complexity index is 419. The first-order valence-corrected chi connectivity index (χ1v) is 7.65. The monoisotopic (exact) mass is 329 g/mol. The van der Waals surface area contributed by atoms with Gasteiger partial charge in [-0.15, -0.1) is 0 Å². The topological polar surface area (TPSA) is 28.2 Å². The molecule has 1 fully saturated rings. The molecular formula is C14H21BrFN3. The minimum Gasteiger partial charge on any atom is -0.351 e. The summed E-state index contributed by atoms with van der Waals surface area (Å²) in [5, 5.41) is 3.36. The van der Waals surface area contributed by atoms with Crippen LogP contribution in [-0.4, -0.2) is 30.7 Å². The Hall–Kier alpha value is -0.680. The number of anilines is 1. The summed E-state index contributed by atoms with van der Waals surface area (Å²) in [5.74, 6) is 0.835. The molecule has 0 saturated carbocycles. The molecule has 0 atom stereocenters. The van der Waals surface area contributed by atoms with Crippen molar-refractivity contribution in [2.75, 3.05) is 24.5 Å². The van der Waals surface area contributed by atoms with Gasteiger partial charge in [-0.2, -0.15) is 0 Å². The highest BCUT2D eigenvalue weighted by atomic mass is 79.9. The van der Waals surface area contributed by atoms with Crippen molar-refractivity contribution in [2.24, 2.45) is 5.92 Å². The number of nitrogens with zero attached hydrogens (tertiary/aromatic N) is 2. The molecule has 5 heteroatoms. The second kappa shape index (κ2) is 6.66. The maximum Gasteiger partial charge on any atom is 0.166 e. The van der Waals surface area contributed by atoms with Crippen LogP contribution in [-0.2, 0) is 0 Å². The lowest BCUT2D eigenvalue weighted by atomic mass is 9.97. The van der Waals surface area contributed by atoms with Crippen molar-refractivity contribution in [3.05, 3.63) is 22.6 Å². The highest BCUT2D eigenvalue weighted by molar-refractivity contribution is 9.10. The minimum absolute atomic E-state index is 0.248. The summed E-state index contributed by atoms with van der Waals surface area (Å²) in [6.45, 7) is 7.18. The van der Waals surface area contributed by atoms with Gasteiger partial charge in [-0.05, 0) is 67.7 Å². The average molecular weight is 330 g/mol. The van der Waals surface area contributed by atoms with Gasteiger partial charge in [0.15, 0.2) is 11.6 Å². The molecule has 0 amide bonds. The number of aromatic nitrogens is 1. The predicted octanol–water partition coefficient (Wildman–Crippen LogP) is 3.20. The van der Waals surface area contributed by atoms with Gasteiger partial charge in [-0.1, -0.05) is 0 Å². The van der Waals surface area contributed by atoms with Crippen LogP contribution in [0.25, 0.3) is 0 Å². The van der Waals surface area contributed by atoms with Crippen LogP contribution < -0.4 is 10.2 Å². The fourth-order valence-corrected chi connectivity index (χ4v) is 2.81. The molecule has 3 nitrogen and oxygen atoms in total. The Morgan fingerprint density at radius 1 is 1.47 bits per heavy atom. The van der Waals surface area contributed by atoms with Crippen LogP contribution in [0.1, 0.15) is 26.7 Å². The van der Waals surface area contributed by atoms with Crippen LogP contribution in [0.5, 0.6) is 0 Å². The smallest absolute Gasteiger partial charge is 0.166 e. The second-order valence-corrected chi connectivity index (χ2v) is 6.31. The third-order valence-corrected chi connectivity index (χ3v) is 4.03. The van der Waals surface area contributed by atoms with Gasteiger partial charge < -0.3 is 10.2 Å². The fraction of sp³-hybridized carbons (Fsp3) is 0.643. The molecule has 0 aromatic carbocycles. The van der Waals surface area contributed by atoms with Crippen molar-refractivity contribution >= 4 is 21.7 Å². The van der Waals surface area contributed by atoms with Crippen LogP contribution in [0.4, 0.5) is 10.2 Å². The van der Waals surface area contributed by atoms with Gasteiger partial charge >= 0.3 is 0 Å². The number of rotatable bonds is 4. The highest BCUT2D eigenvalue weighted by Gasteiger charge is 2.22. The summed E-state index contributed by atoms with van der Waals surface area (Å²) in [6, 6.07) is 1.73. The van der Waals surface area contributed by atoms with E-state index in [-0.39, 0.29) is 11.9 Å². The van der Waals surface area contributed by atoms with Crippen molar-refractivity contribution < 1.29 is 4.39 Å². The molecule has 106 valence electrons. The van der Waals surface area contributed by atoms with E-state index in [4.69, 9.17) is 0 Å². The van der Waals surface area contributed by atoms with Crippen molar-refractivity contribution in [2.45, 2.75) is 32.7 Å². The van der Waals surface area contributed by atoms with Crippen molar-refractivity contribution in [1.29, 1.82) is 0 Å². The van der Waals surface area contributed by atoms with E-state index in [1.165, 1.54) is 6.07 Å². The van der Waals surface area contributed by atoms with Crippen molar-refractivity contribution in [1.82, 2.24) is 10.3 Å². The molecule has 1 aromatic rings. The van der Waals surface area contributed by atoms with Gasteiger partial charge in [0, 0.05) is 23.3 Å². The van der Waals surface area contributed by atoms with Crippen LogP contribution in [0.15, 0.2) is 16.7 Å². The first kappa shape index (κ1) is 14.7. The lowest BCUT2D eigenvalue weighted by molar-refractivity contribution is 0.365. The van der Waals surface area contributed by atoms with Crippen LogP contribution in [0.2, 0.25) is 0 Å². The SMILES string of the molecule is CC(C)N(CC1CCNCC1)c1ncc(Br)cc1F. The summed E-state index contributed by atoms with van der Waals surface area (Å²) < 4.78 is 14.7. The summed E-state index contributed by atoms with van der Waals surface area (Å²) >= 11 is 3.25. The summed E-state index contributed by atoms with van der Waals surface area (Å²) in [5.41, 5.74) is 0. The van der Waals surface area contributed by atoms with Crippen molar-refractivity contribution in [3.63, 3.8) is 0 Å². The highest BCUT2D eigenvalue weighted by Crippen LogP contribution is 2.24. The number of hydrogen-bond donors (Lipinski definition) is 1. The molecule has 1 aromatic heterocycles. The molecule has 0 aliphatic carbocycles. The van der Waals surface area contributed by atoms with Gasteiger partial charge in [0.2, 0.25) is 0 Å². The third kappa shape index (κ3) is 3.89. The quantitative estimate of drug-likeness (QED) is 0.919. The lowest BCUT2D eigenvalue weighted by Crippen LogP contribution is -2.40. The van der Waals surface area contributed by atoms with E-state index in [0.717, 1.165) is 32.5 Å². The van der Waals surface area contributed by atoms with Crippen LogP contribution >= 0.6 is 15.9 Å². The third-order valence-electron chi connectivity index (χ3n) is 3.60. The molecule has 1 aliphatic heterocycles. The minimum atomic E-state index is -0.253. The molecule has 19 heavy (non-hydrogen) atoms. The number of piperidine rings is 1. The zero-order chi connectivity index (χ0) is 13.8. The van der Waals surface area contributed by atoms with Gasteiger partial charge in [0.05, 0.1) is 0 Å². The number of pyridine rings is 1. The zero-order valence-electron chi connectivity index (χ0n) is 11.5. The molecule has 0 spiro atoms. The number of hydrogen-bond acceptors (Lipinski definition) is 3. The van der Waals surface area contributed by atoms with E-state index in [2.05, 4.69) is 45.0 Å².